The summed E-state index contributed by atoms with van der Waals surface area (Å²) in [6.07, 6.45) is 1.86. The number of ether oxygens (including phenoxy) is 1. The van der Waals surface area contributed by atoms with Gasteiger partial charge in [-0.05, 0) is 80.9 Å². The first-order chi connectivity index (χ1) is 14.9. The first-order valence-corrected chi connectivity index (χ1v) is 10.7. The van der Waals surface area contributed by atoms with Crippen molar-refractivity contribution in [1.82, 2.24) is 15.1 Å². The van der Waals surface area contributed by atoms with Crippen LogP contribution in [-0.2, 0) is 13.1 Å². The Morgan fingerprint density at radius 2 is 1.74 bits per heavy atom. The van der Waals surface area contributed by atoms with Crippen molar-refractivity contribution in [2.24, 2.45) is 0 Å². The molecule has 6 heteroatoms. The molecule has 0 aromatic heterocycles. The van der Waals surface area contributed by atoms with Gasteiger partial charge in [-0.25, -0.2) is 9.18 Å². The summed E-state index contributed by atoms with van der Waals surface area (Å²) >= 11 is 0. The van der Waals surface area contributed by atoms with E-state index in [1.807, 2.05) is 36.1 Å². The Hall–Kier alpha value is -2.86. The van der Waals surface area contributed by atoms with Gasteiger partial charge >= 0.3 is 6.03 Å². The number of halogens is 1. The van der Waals surface area contributed by atoms with Gasteiger partial charge in [0.1, 0.15) is 18.2 Å². The van der Waals surface area contributed by atoms with Crippen molar-refractivity contribution in [1.29, 1.82) is 0 Å². The number of hydrogen-bond donors (Lipinski definition) is 1. The average molecular weight is 426 g/mol. The van der Waals surface area contributed by atoms with Crippen LogP contribution in [-0.4, -0.2) is 48.6 Å². The second-order valence-corrected chi connectivity index (χ2v) is 8.34. The number of likely N-dealkylation sites (tertiary alicyclic amines) is 1. The van der Waals surface area contributed by atoms with Crippen molar-refractivity contribution < 1.29 is 13.9 Å². The molecule has 2 aromatic carbocycles. The minimum absolute atomic E-state index is 0.0958. The number of amides is 2. The fourth-order valence-corrected chi connectivity index (χ4v) is 3.65. The second kappa shape index (κ2) is 11.0. The van der Waals surface area contributed by atoms with E-state index in [0.717, 1.165) is 48.4 Å². The largest absolute Gasteiger partial charge is 0.489 e. The maximum absolute atomic E-state index is 13.3. The van der Waals surface area contributed by atoms with Gasteiger partial charge in [0.2, 0.25) is 0 Å². The fourth-order valence-electron chi connectivity index (χ4n) is 3.65. The van der Waals surface area contributed by atoms with Crippen LogP contribution in [0.4, 0.5) is 9.18 Å². The van der Waals surface area contributed by atoms with Crippen LogP contribution in [0.2, 0.25) is 0 Å². The summed E-state index contributed by atoms with van der Waals surface area (Å²) in [6.45, 7) is 9.07. The van der Waals surface area contributed by atoms with Crippen molar-refractivity contribution in [3.8, 4) is 5.75 Å². The van der Waals surface area contributed by atoms with Crippen LogP contribution >= 0.6 is 0 Å². The smallest absolute Gasteiger partial charge is 0.318 e. The molecule has 5 nitrogen and oxygen atoms in total. The Kier molecular flexibility index (Phi) is 8.06. The molecule has 0 aliphatic carbocycles. The van der Waals surface area contributed by atoms with E-state index < -0.39 is 0 Å². The van der Waals surface area contributed by atoms with E-state index in [-0.39, 0.29) is 17.9 Å². The zero-order valence-corrected chi connectivity index (χ0v) is 18.4. The lowest BCUT2D eigenvalue weighted by molar-refractivity contribution is 0.127. The summed E-state index contributed by atoms with van der Waals surface area (Å²) in [5, 5.41) is 3.05. The first-order valence-electron chi connectivity index (χ1n) is 10.7. The van der Waals surface area contributed by atoms with Gasteiger partial charge in [0, 0.05) is 19.1 Å². The monoisotopic (exact) mass is 425 g/mol. The molecule has 0 saturated carbocycles. The number of carbonyl (C=O) groups is 1. The van der Waals surface area contributed by atoms with Gasteiger partial charge in [0.15, 0.2) is 0 Å². The van der Waals surface area contributed by atoms with Gasteiger partial charge in [-0.3, -0.25) is 0 Å². The molecule has 0 bridgehead atoms. The normalized spacial score (nSPS) is 14.8. The van der Waals surface area contributed by atoms with Gasteiger partial charge < -0.3 is 19.9 Å². The van der Waals surface area contributed by atoms with Crippen LogP contribution in [0.3, 0.4) is 0 Å². The minimum Gasteiger partial charge on any atom is -0.489 e. The number of nitrogens with one attached hydrogen (secondary N) is 1. The Morgan fingerprint density at radius 3 is 2.35 bits per heavy atom. The van der Waals surface area contributed by atoms with Gasteiger partial charge in [0.05, 0.1) is 0 Å². The van der Waals surface area contributed by atoms with Crippen molar-refractivity contribution in [2.75, 3.05) is 26.7 Å². The molecule has 0 atom stereocenters. The highest BCUT2D eigenvalue weighted by molar-refractivity contribution is 5.74. The molecule has 0 spiro atoms. The lowest BCUT2D eigenvalue weighted by Crippen LogP contribution is -2.49. The van der Waals surface area contributed by atoms with Crippen molar-refractivity contribution >= 4 is 6.03 Å². The predicted octanol–water partition coefficient (Wildman–Crippen LogP) is 4.59. The highest BCUT2D eigenvalue weighted by atomic mass is 19.1. The predicted molar refractivity (Wildman–Crippen MR) is 121 cm³/mol. The second-order valence-electron chi connectivity index (χ2n) is 8.34. The number of hydrogen-bond acceptors (Lipinski definition) is 3. The molecular formula is C25H32FN3O2. The van der Waals surface area contributed by atoms with Crippen molar-refractivity contribution in [2.45, 2.75) is 38.9 Å². The highest BCUT2D eigenvalue weighted by Crippen LogP contribution is 2.19. The third kappa shape index (κ3) is 7.10. The third-order valence-corrected chi connectivity index (χ3v) is 5.51. The summed E-state index contributed by atoms with van der Waals surface area (Å²) in [6, 6.07) is 14.1. The van der Waals surface area contributed by atoms with Crippen molar-refractivity contribution in [3.63, 3.8) is 0 Å². The number of rotatable bonds is 8. The summed E-state index contributed by atoms with van der Waals surface area (Å²) in [7, 11) is 2.10. The van der Waals surface area contributed by atoms with Gasteiger partial charge in [-0.2, -0.15) is 0 Å². The van der Waals surface area contributed by atoms with Gasteiger partial charge in [0.25, 0.3) is 0 Å². The van der Waals surface area contributed by atoms with E-state index in [1.165, 1.54) is 12.1 Å². The molecule has 1 saturated heterocycles. The Balaban J connectivity index is 1.62. The van der Waals surface area contributed by atoms with Crippen LogP contribution in [0.25, 0.3) is 0 Å². The third-order valence-electron chi connectivity index (χ3n) is 5.51. The molecule has 1 N–H and O–H groups in total. The number of urea groups is 1. The quantitative estimate of drug-likeness (QED) is 0.630. The Bertz CT molecular complexity index is 859. The molecule has 1 aliphatic rings. The summed E-state index contributed by atoms with van der Waals surface area (Å²) < 4.78 is 18.9. The maximum atomic E-state index is 13.3. The number of carbonyl (C=O) groups excluding carboxylic acids is 1. The molecule has 166 valence electrons. The Labute approximate surface area is 184 Å². The topological polar surface area (TPSA) is 44.8 Å². The molecule has 1 aliphatic heterocycles. The first kappa shape index (κ1) is 22.8. The van der Waals surface area contributed by atoms with Gasteiger partial charge in [-0.1, -0.05) is 30.8 Å². The molecule has 2 aromatic rings. The fraction of sp³-hybridized carbons (Fsp3) is 0.400. The lowest BCUT2D eigenvalue weighted by atomic mass is 10.0. The van der Waals surface area contributed by atoms with Crippen LogP contribution in [0.1, 0.15) is 30.9 Å². The molecule has 0 radical (unpaired) electrons. The van der Waals surface area contributed by atoms with Crippen LogP contribution in [0, 0.1) is 5.82 Å². The van der Waals surface area contributed by atoms with E-state index in [9.17, 15) is 9.18 Å². The maximum Gasteiger partial charge on any atom is 0.318 e. The summed E-state index contributed by atoms with van der Waals surface area (Å²) in [4.78, 5) is 17.3. The van der Waals surface area contributed by atoms with Crippen molar-refractivity contribution in [3.05, 3.63) is 77.6 Å². The lowest BCUT2D eigenvalue weighted by Gasteiger charge is -2.37. The zero-order valence-electron chi connectivity index (χ0n) is 18.4. The highest BCUT2D eigenvalue weighted by Gasteiger charge is 2.27. The van der Waals surface area contributed by atoms with Crippen LogP contribution < -0.4 is 10.1 Å². The van der Waals surface area contributed by atoms with Gasteiger partial charge in [-0.15, -0.1) is 0 Å². The molecule has 2 amide bonds. The standard InChI is InChI=1S/C25H32FN3O2/c1-19(2)18-31-24-10-6-20(7-11-24)16-27-25(30)29(23-12-14-28(3)15-13-23)17-21-4-8-22(26)9-5-21/h4-11,23H,1,12-18H2,2-3H3,(H,27,30). The molecule has 1 heterocycles. The molecule has 3 rings (SSSR count). The summed E-state index contributed by atoms with van der Waals surface area (Å²) in [5.74, 6) is 0.511. The van der Waals surface area contributed by atoms with Crippen LogP contribution in [0.15, 0.2) is 60.7 Å². The Morgan fingerprint density at radius 1 is 1.13 bits per heavy atom. The minimum atomic E-state index is -0.269. The average Bonchev–Trinajstić information content (AvgIpc) is 2.77. The van der Waals surface area contributed by atoms with E-state index in [4.69, 9.17) is 4.74 Å². The van der Waals surface area contributed by atoms with Crippen LogP contribution in [0.5, 0.6) is 5.75 Å². The SMILES string of the molecule is C=C(C)COc1ccc(CNC(=O)N(Cc2ccc(F)cc2)C2CCN(C)CC2)cc1. The van der Waals surface area contributed by atoms with E-state index in [1.54, 1.807) is 12.1 Å². The van der Waals surface area contributed by atoms with E-state index >= 15 is 0 Å². The van der Waals surface area contributed by atoms with E-state index in [0.29, 0.717) is 19.7 Å². The zero-order chi connectivity index (χ0) is 22.2. The number of nitrogens with zero attached hydrogens (tertiary/aromatic N) is 2. The number of benzene rings is 2. The summed E-state index contributed by atoms with van der Waals surface area (Å²) in [5.41, 5.74) is 2.89. The molecule has 0 unspecified atom stereocenters. The van der Waals surface area contributed by atoms with E-state index in [2.05, 4.69) is 23.8 Å². The molecule has 1 fully saturated rings. The number of piperidine rings is 1. The molecule has 31 heavy (non-hydrogen) atoms. The molecular weight excluding hydrogens is 393 g/mol.